The summed E-state index contributed by atoms with van der Waals surface area (Å²) in [7, 11) is 0. The Hall–Kier alpha value is -0.340. The zero-order valence-electron chi connectivity index (χ0n) is 11.8. The molecule has 3 atom stereocenters. The van der Waals surface area contributed by atoms with Gasteiger partial charge in [-0.2, -0.15) is 0 Å². The minimum Gasteiger partial charge on any atom is -0.310 e. The topological polar surface area (TPSA) is 15.3 Å². The number of piperidine rings is 1. The van der Waals surface area contributed by atoms with Gasteiger partial charge in [0.2, 0.25) is 0 Å². The molecular weight excluding hydrogens is 220 g/mol. The molecule has 3 rings (SSSR count). The van der Waals surface area contributed by atoms with E-state index in [4.69, 9.17) is 0 Å². The van der Waals surface area contributed by atoms with E-state index in [1.165, 1.54) is 64.6 Å². The minimum atomic E-state index is 0.760. The summed E-state index contributed by atoms with van der Waals surface area (Å²) in [6.07, 6.45) is 12.4. The highest BCUT2D eigenvalue weighted by molar-refractivity contribution is 5.04. The number of nitrogens with zero attached hydrogens (tertiary/aromatic N) is 1. The van der Waals surface area contributed by atoms with E-state index in [0.29, 0.717) is 0 Å². The Balaban J connectivity index is 1.49. The number of nitrogens with one attached hydrogen (secondary N) is 1. The molecule has 2 heteroatoms. The fourth-order valence-corrected chi connectivity index (χ4v) is 4.01. The van der Waals surface area contributed by atoms with Crippen LogP contribution in [-0.2, 0) is 0 Å². The predicted octanol–water partition coefficient (Wildman–Crippen LogP) is 2.95. The van der Waals surface area contributed by atoms with Crippen molar-refractivity contribution in [2.75, 3.05) is 19.6 Å². The van der Waals surface area contributed by atoms with Crippen molar-refractivity contribution in [1.29, 1.82) is 0 Å². The standard InChI is InChI=1S/C16H28N2/c1-13-8-10-18(11-9-13)12-15-7-6-14-4-2-3-5-16(14)17-15/h8,14-17H,2-7,9-12H2,1H3. The molecule has 1 saturated carbocycles. The lowest BCUT2D eigenvalue weighted by molar-refractivity contribution is 0.147. The van der Waals surface area contributed by atoms with Crippen LogP contribution in [0.2, 0.25) is 0 Å². The molecule has 2 fully saturated rings. The predicted molar refractivity (Wildman–Crippen MR) is 76.7 cm³/mol. The molecule has 3 unspecified atom stereocenters. The number of fused-ring (bicyclic) bond motifs is 1. The molecule has 2 nitrogen and oxygen atoms in total. The third-order valence-electron chi connectivity index (χ3n) is 5.24. The molecule has 1 aliphatic carbocycles. The van der Waals surface area contributed by atoms with Crippen molar-refractivity contribution >= 4 is 0 Å². The van der Waals surface area contributed by atoms with Crippen LogP contribution < -0.4 is 5.32 Å². The second kappa shape index (κ2) is 5.75. The van der Waals surface area contributed by atoms with Gasteiger partial charge in [-0.1, -0.05) is 24.5 Å². The molecule has 1 N–H and O–H groups in total. The van der Waals surface area contributed by atoms with Gasteiger partial charge in [0, 0.05) is 31.7 Å². The highest BCUT2D eigenvalue weighted by Crippen LogP contribution is 2.32. The molecule has 0 radical (unpaired) electrons. The first-order valence-corrected chi connectivity index (χ1v) is 7.95. The monoisotopic (exact) mass is 248 g/mol. The molecular formula is C16H28N2. The van der Waals surface area contributed by atoms with Crippen molar-refractivity contribution in [1.82, 2.24) is 10.2 Å². The van der Waals surface area contributed by atoms with Gasteiger partial charge < -0.3 is 5.32 Å². The Morgan fingerprint density at radius 1 is 1.22 bits per heavy atom. The normalized spacial score (nSPS) is 38.1. The van der Waals surface area contributed by atoms with Crippen LogP contribution in [0.4, 0.5) is 0 Å². The molecule has 2 heterocycles. The van der Waals surface area contributed by atoms with E-state index in [-0.39, 0.29) is 0 Å². The van der Waals surface area contributed by atoms with Crippen LogP contribution in [0.3, 0.4) is 0 Å². The summed E-state index contributed by atoms with van der Waals surface area (Å²) in [5, 5.41) is 3.95. The maximum absolute atomic E-state index is 3.95. The quantitative estimate of drug-likeness (QED) is 0.756. The summed E-state index contributed by atoms with van der Waals surface area (Å²) in [5.41, 5.74) is 1.58. The van der Waals surface area contributed by atoms with Crippen molar-refractivity contribution in [3.63, 3.8) is 0 Å². The maximum atomic E-state index is 3.95. The van der Waals surface area contributed by atoms with Crippen molar-refractivity contribution < 1.29 is 0 Å². The molecule has 18 heavy (non-hydrogen) atoms. The maximum Gasteiger partial charge on any atom is 0.0197 e. The van der Waals surface area contributed by atoms with Gasteiger partial charge in [0.05, 0.1) is 0 Å². The van der Waals surface area contributed by atoms with E-state index in [1.807, 2.05) is 0 Å². The van der Waals surface area contributed by atoms with Crippen LogP contribution in [0.1, 0.15) is 51.9 Å². The van der Waals surface area contributed by atoms with E-state index in [2.05, 4.69) is 23.2 Å². The van der Waals surface area contributed by atoms with Gasteiger partial charge in [-0.25, -0.2) is 0 Å². The van der Waals surface area contributed by atoms with Crippen LogP contribution in [0.25, 0.3) is 0 Å². The lowest BCUT2D eigenvalue weighted by atomic mass is 9.77. The van der Waals surface area contributed by atoms with Crippen LogP contribution in [0.15, 0.2) is 11.6 Å². The number of rotatable bonds is 2. The van der Waals surface area contributed by atoms with Crippen LogP contribution >= 0.6 is 0 Å². The summed E-state index contributed by atoms with van der Waals surface area (Å²) in [4.78, 5) is 2.63. The van der Waals surface area contributed by atoms with Crippen molar-refractivity contribution in [3.8, 4) is 0 Å². The zero-order chi connectivity index (χ0) is 12.4. The largest absolute Gasteiger partial charge is 0.310 e. The van der Waals surface area contributed by atoms with Gasteiger partial charge in [0.15, 0.2) is 0 Å². The first kappa shape index (κ1) is 12.7. The third-order valence-corrected chi connectivity index (χ3v) is 5.24. The van der Waals surface area contributed by atoms with Crippen LogP contribution in [0.5, 0.6) is 0 Å². The lowest BCUT2D eigenvalue weighted by Gasteiger charge is -2.42. The van der Waals surface area contributed by atoms with Crippen LogP contribution in [0, 0.1) is 5.92 Å². The zero-order valence-corrected chi connectivity index (χ0v) is 11.8. The van der Waals surface area contributed by atoms with Gasteiger partial charge in [0.1, 0.15) is 0 Å². The SMILES string of the molecule is CC1=CCN(CC2CCC3CCCCC3N2)CC1. The Morgan fingerprint density at radius 2 is 2.11 bits per heavy atom. The van der Waals surface area contributed by atoms with Crippen LogP contribution in [-0.4, -0.2) is 36.6 Å². The Labute approximate surface area is 112 Å². The summed E-state index contributed by atoms with van der Waals surface area (Å²) in [6, 6.07) is 1.61. The molecule has 102 valence electrons. The second-order valence-corrected chi connectivity index (χ2v) is 6.65. The van der Waals surface area contributed by atoms with Gasteiger partial charge >= 0.3 is 0 Å². The molecule has 0 amide bonds. The third kappa shape index (κ3) is 2.97. The smallest absolute Gasteiger partial charge is 0.0197 e. The van der Waals surface area contributed by atoms with Gasteiger partial charge in [-0.15, -0.1) is 0 Å². The molecule has 0 aromatic rings. The van der Waals surface area contributed by atoms with E-state index in [1.54, 1.807) is 5.57 Å². The lowest BCUT2D eigenvalue weighted by Crippen LogP contribution is -2.53. The van der Waals surface area contributed by atoms with E-state index < -0.39 is 0 Å². The molecule has 2 aliphatic heterocycles. The minimum absolute atomic E-state index is 0.760. The summed E-state index contributed by atoms with van der Waals surface area (Å²) >= 11 is 0. The highest BCUT2D eigenvalue weighted by Gasteiger charge is 2.32. The van der Waals surface area contributed by atoms with E-state index in [9.17, 15) is 0 Å². The van der Waals surface area contributed by atoms with Gasteiger partial charge in [-0.05, 0) is 44.9 Å². The molecule has 1 saturated heterocycles. The molecule has 0 aromatic carbocycles. The van der Waals surface area contributed by atoms with Crippen molar-refractivity contribution in [2.45, 2.75) is 64.0 Å². The fourth-order valence-electron chi connectivity index (χ4n) is 4.01. The Kier molecular flexibility index (Phi) is 4.05. The van der Waals surface area contributed by atoms with E-state index in [0.717, 1.165) is 18.0 Å². The molecule has 0 aromatic heterocycles. The summed E-state index contributed by atoms with van der Waals surface area (Å²) in [5.74, 6) is 0.999. The van der Waals surface area contributed by atoms with Gasteiger partial charge in [-0.3, -0.25) is 4.90 Å². The van der Waals surface area contributed by atoms with Crippen molar-refractivity contribution in [3.05, 3.63) is 11.6 Å². The Morgan fingerprint density at radius 3 is 2.94 bits per heavy atom. The molecule has 0 bridgehead atoms. The summed E-state index contributed by atoms with van der Waals surface area (Å²) in [6.45, 7) is 5.99. The fraction of sp³-hybridized carbons (Fsp3) is 0.875. The average Bonchev–Trinajstić information content (AvgIpc) is 2.41. The summed E-state index contributed by atoms with van der Waals surface area (Å²) < 4.78 is 0. The average molecular weight is 248 g/mol. The molecule has 0 spiro atoms. The van der Waals surface area contributed by atoms with Crippen molar-refractivity contribution in [2.24, 2.45) is 5.92 Å². The molecule has 3 aliphatic rings. The first-order valence-electron chi connectivity index (χ1n) is 7.95. The number of hydrogen-bond donors (Lipinski definition) is 1. The number of hydrogen-bond acceptors (Lipinski definition) is 2. The first-order chi connectivity index (χ1) is 8.81. The second-order valence-electron chi connectivity index (χ2n) is 6.65. The van der Waals surface area contributed by atoms with E-state index >= 15 is 0 Å². The van der Waals surface area contributed by atoms with Gasteiger partial charge in [0.25, 0.3) is 0 Å². The highest BCUT2D eigenvalue weighted by atomic mass is 15.2. The Bertz CT molecular complexity index is 310.